The molecule has 0 spiro atoms. The first kappa shape index (κ1) is 25.2. The lowest BCUT2D eigenvalue weighted by Crippen LogP contribution is -2.52. The molecular formula is C25H24F3N3O5. The molecule has 0 bridgehead atoms. The van der Waals surface area contributed by atoms with Crippen molar-refractivity contribution in [2.75, 3.05) is 0 Å². The number of piperidine rings is 1. The van der Waals surface area contributed by atoms with Crippen molar-refractivity contribution in [3.8, 4) is 5.75 Å². The van der Waals surface area contributed by atoms with E-state index in [1.807, 2.05) is 5.32 Å². The molecule has 0 aliphatic carbocycles. The van der Waals surface area contributed by atoms with Crippen LogP contribution in [-0.2, 0) is 16.1 Å². The van der Waals surface area contributed by atoms with E-state index in [-0.39, 0.29) is 47.9 Å². The fourth-order valence-corrected chi connectivity index (χ4v) is 4.32. The number of ether oxygens (including phenoxy) is 1. The Labute approximate surface area is 204 Å². The van der Waals surface area contributed by atoms with E-state index in [9.17, 15) is 32.3 Å². The number of carbonyl (C=O) groups is 4. The molecule has 4 rings (SSSR count). The molecule has 2 aromatic rings. The highest BCUT2D eigenvalue weighted by Gasteiger charge is 2.43. The first-order chi connectivity index (χ1) is 16.9. The normalized spacial score (nSPS) is 18.7. The van der Waals surface area contributed by atoms with Crippen LogP contribution in [0, 0.1) is 0 Å². The molecule has 2 heterocycles. The summed E-state index contributed by atoms with van der Waals surface area (Å²) in [6.45, 7) is 3.49. The minimum Gasteiger partial charge on any atom is -0.491 e. The molecule has 0 saturated carbocycles. The lowest BCUT2D eigenvalue weighted by molar-refractivity contribution is -0.155. The van der Waals surface area contributed by atoms with E-state index in [0.29, 0.717) is 5.56 Å². The molecule has 4 amide bonds. The summed E-state index contributed by atoms with van der Waals surface area (Å²) in [5.74, 6) is -2.17. The van der Waals surface area contributed by atoms with Gasteiger partial charge in [0.25, 0.3) is 11.8 Å². The molecule has 190 valence electrons. The van der Waals surface area contributed by atoms with E-state index in [0.717, 1.165) is 0 Å². The van der Waals surface area contributed by atoms with Crippen LogP contribution in [0.3, 0.4) is 0 Å². The van der Waals surface area contributed by atoms with Crippen LogP contribution in [-0.4, -0.2) is 46.9 Å². The molecule has 2 aliphatic heterocycles. The van der Waals surface area contributed by atoms with E-state index in [1.165, 1.54) is 47.4 Å². The van der Waals surface area contributed by atoms with Crippen LogP contribution in [0.4, 0.5) is 13.2 Å². The van der Waals surface area contributed by atoms with E-state index < -0.39 is 41.9 Å². The number of rotatable bonds is 6. The minimum atomic E-state index is -4.78. The highest BCUT2D eigenvalue weighted by Crippen LogP contribution is 2.35. The number of nitrogens with zero attached hydrogens (tertiary/aromatic N) is 1. The van der Waals surface area contributed by atoms with Crippen LogP contribution in [0.25, 0.3) is 0 Å². The number of benzene rings is 2. The van der Waals surface area contributed by atoms with Gasteiger partial charge in [0.05, 0.1) is 6.10 Å². The molecule has 0 radical (unpaired) electrons. The molecule has 2 aliphatic rings. The van der Waals surface area contributed by atoms with Gasteiger partial charge in [-0.1, -0.05) is 12.1 Å². The second-order valence-corrected chi connectivity index (χ2v) is 8.96. The zero-order chi connectivity index (χ0) is 26.2. The summed E-state index contributed by atoms with van der Waals surface area (Å²) in [6.07, 6.45) is -4.76. The van der Waals surface area contributed by atoms with E-state index >= 15 is 0 Å². The maximum Gasteiger partial charge on any atom is 0.412 e. The molecule has 2 aromatic carbocycles. The summed E-state index contributed by atoms with van der Waals surface area (Å²) < 4.78 is 47.2. The van der Waals surface area contributed by atoms with Crippen molar-refractivity contribution in [1.82, 2.24) is 15.5 Å². The molecule has 2 N–H and O–H groups in total. The third kappa shape index (κ3) is 5.19. The molecule has 2 atom stereocenters. The summed E-state index contributed by atoms with van der Waals surface area (Å²) in [6, 6.07) is 6.30. The number of hydrogen-bond donors (Lipinski definition) is 2. The summed E-state index contributed by atoms with van der Waals surface area (Å²) >= 11 is 0. The van der Waals surface area contributed by atoms with E-state index in [4.69, 9.17) is 4.74 Å². The number of amides is 4. The van der Waals surface area contributed by atoms with Crippen molar-refractivity contribution in [2.24, 2.45) is 0 Å². The van der Waals surface area contributed by atoms with Gasteiger partial charge in [-0.2, -0.15) is 13.2 Å². The van der Waals surface area contributed by atoms with Crippen molar-refractivity contribution in [3.05, 3.63) is 64.7 Å². The van der Waals surface area contributed by atoms with Crippen LogP contribution < -0.4 is 15.4 Å². The van der Waals surface area contributed by atoms with Gasteiger partial charge in [-0.15, -0.1) is 0 Å². The third-order valence-corrected chi connectivity index (χ3v) is 5.95. The Morgan fingerprint density at radius 2 is 1.89 bits per heavy atom. The van der Waals surface area contributed by atoms with Crippen LogP contribution in [0.1, 0.15) is 64.6 Å². The highest BCUT2D eigenvalue weighted by molar-refractivity contribution is 6.06. The van der Waals surface area contributed by atoms with Crippen LogP contribution >= 0.6 is 0 Å². The number of alkyl halides is 3. The fourth-order valence-electron chi connectivity index (χ4n) is 4.32. The van der Waals surface area contributed by atoms with Crippen LogP contribution in [0.15, 0.2) is 42.5 Å². The van der Waals surface area contributed by atoms with Gasteiger partial charge in [-0.3, -0.25) is 24.5 Å². The monoisotopic (exact) mass is 503 g/mol. The van der Waals surface area contributed by atoms with E-state index in [1.54, 1.807) is 13.8 Å². The zero-order valence-corrected chi connectivity index (χ0v) is 19.5. The molecule has 1 saturated heterocycles. The van der Waals surface area contributed by atoms with Crippen LogP contribution in [0.5, 0.6) is 5.75 Å². The maximum absolute atomic E-state index is 13.9. The Kier molecular flexibility index (Phi) is 6.75. The van der Waals surface area contributed by atoms with Crippen molar-refractivity contribution in [3.63, 3.8) is 0 Å². The molecule has 11 heteroatoms. The topological polar surface area (TPSA) is 105 Å². The molecule has 36 heavy (non-hydrogen) atoms. The largest absolute Gasteiger partial charge is 0.491 e. The number of carbonyl (C=O) groups excluding carboxylic acids is 4. The maximum atomic E-state index is 13.9. The average Bonchev–Trinajstić information content (AvgIpc) is 3.11. The predicted molar refractivity (Wildman–Crippen MR) is 121 cm³/mol. The minimum absolute atomic E-state index is 0.00114. The SMILES string of the molecule is CC(C)Oc1cccc([C@@H](NC(=O)c2ccc3c(c2)CN(C2CCC(=O)NC2=O)C3=O)C(F)(F)F)c1. The molecule has 1 fully saturated rings. The number of nitrogens with one attached hydrogen (secondary N) is 2. The number of hydrogen-bond acceptors (Lipinski definition) is 5. The van der Waals surface area contributed by atoms with Gasteiger partial charge in [-0.25, -0.2) is 0 Å². The van der Waals surface area contributed by atoms with Gasteiger partial charge in [0, 0.05) is 24.1 Å². The van der Waals surface area contributed by atoms with Gasteiger partial charge < -0.3 is 15.0 Å². The Morgan fingerprint density at radius 3 is 2.56 bits per heavy atom. The predicted octanol–water partition coefficient (Wildman–Crippen LogP) is 3.27. The van der Waals surface area contributed by atoms with Gasteiger partial charge in [0.2, 0.25) is 11.8 Å². The number of fused-ring (bicyclic) bond motifs is 1. The Balaban J connectivity index is 1.54. The number of imide groups is 1. The smallest absolute Gasteiger partial charge is 0.412 e. The molecule has 8 nitrogen and oxygen atoms in total. The van der Waals surface area contributed by atoms with Crippen molar-refractivity contribution >= 4 is 23.6 Å². The van der Waals surface area contributed by atoms with Crippen molar-refractivity contribution in [2.45, 2.75) is 57.6 Å². The van der Waals surface area contributed by atoms with Gasteiger partial charge in [0.1, 0.15) is 11.8 Å². The quantitative estimate of drug-likeness (QED) is 0.589. The van der Waals surface area contributed by atoms with Gasteiger partial charge in [0.15, 0.2) is 6.04 Å². The molecular weight excluding hydrogens is 479 g/mol. The zero-order valence-electron chi connectivity index (χ0n) is 19.5. The highest BCUT2D eigenvalue weighted by atomic mass is 19.4. The standard InChI is InChI=1S/C25H24F3N3O5/c1-13(2)36-17-5-3-4-14(11-17)21(25(26,27)28)30-22(33)15-6-7-18-16(10-15)12-31(24(18)35)19-8-9-20(32)29-23(19)34/h3-7,10-11,13,19,21H,8-9,12H2,1-2H3,(H,30,33)(H,29,32,34)/t19?,21-/m1/s1. The molecule has 1 unspecified atom stereocenters. The second-order valence-electron chi connectivity index (χ2n) is 8.96. The second kappa shape index (κ2) is 9.63. The Morgan fingerprint density at radius 1 is 1.14 bits per heavy atom. The first-order valence-electron chi connectivity index (χ1n) is 11.4. The van der Waals surface area contributed by atoms with Gasteiger partial charge in [-0.05, 0) is 61.7 Å². The number of halogens is 3. The Hall–Kier alpha value is -3.89. The fraction of sp³-hybridized carbons (Fsp3) is 0.360. The summed E-state index contributed by atoms with van der Waals surface area (Å²) in [7, 11) is 0. The first-order valence-corrected chi connectivity index (χ1v) is 11.4. The summed E-state index contributed by atoms with van der Waals surface area (Å²) in [4.78, 5) is 50.6. The average molecular weight is 503 g/mol. The summed E-state index contributed by atoms with van der Waals surface area (Å²) in [5.41, 5.74) is 0.417. The van der Waals surface area contributed by atoms with Crippen LogP contribution in [0.2, 0.25) is 0 Å². The van der Waals surface area contributed by atoms with Gasteiger partial charge >= 0.3 is 6.18 Å². The lowest BCUT2D eigenvalue weighted by atomic mass is 10.0. The van der Waals surface area contributed by atoms with E-state index in [2.05, 4.69) is 5.32 Å². The lowest BCUT2D eigenvalue weighted by Gasteiger charge is -2.29. The summed E-state index contributed by atoms with van der Waals surface area (Å²) in [5, 5.41) is 4.24. The van der Waals surface area contributed by atoms with Crippen molar-refractivity contribution in [1.29, 1.82) is 0 Å². The third-order valence-electron chi connectivity index (χ3n) is 5.95. The van der Waals surface area contributed by atoms with Crippen molar-refractivity contribution < 1.29 is 37.1 Å². The molecule has 0 aromatic heterocycles. The Bertz CT molecular complexity index is 1230.